The van der Waals surface area contributed by atoms with E-state index in [1.165, 1.54) is 9.13 Å². The van der Waals surface area contributed by atoms with Crippen LogP contribution in [0.15, 0.2) is 43.9 Å². The summed E-state index contributed by atoms with van der Waals surface area (Å²) in [5, 5.41) is 3.54. The second-order valence-electron chi connectivity index (χ2n) is 4.19. The van der Waals surface area contributed by atoms with Crippen molar-refractivity contribution in [2.75, 3.05) is 6.54 Å². The maximum atomic E-state index is 5.73. The van der Waals surface area contributed by atoms with Gasteiger partial charge in [0.05, 0.1) is 6.04 Å². The maximum Gasteiger partial charge on any atom is 0.169 e. The lowest BCUT2D eigenvalue weighted by atomic mass is 10.0. The highest BCUT2D eigenvalue weighted by molar-refractivity contribution is 14.1. The molecule has 1 heterocycles. The molecule has 0 radical (unpaired) electrons. The van der Waals surface area contributed by atoms with Crippen LogP contribution >= 0.6 is 54.5 Å². The van der Waals surface area contributed by atoms with Crippen molar-refractivity contribution >= 4 is 54.5 Å². The molecule has 5 heteroatoms. The van der Waals surface area contributed by atoms with Crippen LogP contribution in [-0.4, -0.2) is 6.54 Å². The van der Waals surface area contributed by atoms with E-state index in [0.29, 0.717) is 0 Å². The Bertz CT molecular complexity index is 556. The van der Waals surface area contributed by atoms with Gasteiger partial charge in [0.15, 0.2) is 4.67 Å². The zero-order chi connectivity index (χ0) is 13.8. The number of hydrogen-bond acceptors (Lipinski definition) is 2. The lowest BCUT2D eigenvalue weighted by Gasteiger charge is -2.18. The Morgan fingerprint density at radius 2 is 2.05 bits per heavy atom. The summed E-state index contributed by atoms with van der Waals surface area (Å²) in [7, 11) is 0. The number of halogens is 3. The summed E-state index contributed by atoms with van der Waals surface area (Å²) >= 11 is 9.27. The van der Waals surface area contributed by atoms with Crippen LogP contribution in [0.1, 0.15) is 30.7 Å². The van der Waals surface area contributed by atoms with Crippen molar-refractivity contribution in [3.05, 3.63) is 54.4 Å². The van der Waals surface area contributed by atoms with Gasteiger partial charge in [0, 0.05) is 8.04 Å². The molecule has 0 saturated heterocycles. The van der Waals surface area contributed by atoms with Gasteiger partial charge in [0.25, 0.3) is 0 Å². The van der Waals surface area contributed by atoms with Gasteiger partial charge in [-0.15, -0.1) is 0 Å². The third kappa shape index (κ3) is 4.06. The molecule has 1 atom stereocenters. The number of nitrogens with one attached hydrogen (secondary N) is 1. The Morgan fingerprint density at radius 3 is 2.68 bits per heavy atom. The smallest absolute Gasteiger partial charge is 0.169 e. The summed E-state index contributed by atoms with van der Waals surface area (Å²) in [6.45, 7) is 3.11. The standard InChI is InChI=1S/C14H14Br2INO/c1-2-7-18-14(12-5-6-13(16)19-12)10-8-9(15)3-4-11(10)17/h3-6,8,14,18H,2,7H2,1H3. The molecule has 0 aliphatic heterocycles. The summed E-state index contributed by atoms with van der Waals surface area (Å²) in [5.74, 6) is 0.927. The number of rotatable bonds is 5. The molecule has 0 saturated carbocycles. The average Bonchev–Trinajstić information content (AvgIpc) is 2.80. The highest BCUT2D eigenvalue weighted by Crippen LogP contribution is 2.31. The number of furan rings is 1. The summed E-state index contributed by atoms with van der Waals surface area (Å²) in [6.07, 6.45) is 1.09. The minimum atomic E-state index is 0.0793. The predicted octanol–water partition coefficient (Wildman–Crippen LogP) is 5.50. The van der Waals surface area contributed by atoms with Crippen LogP contribution < -0.4 is 5.32 Å². The fraction of sp³-hybridized carbons (Fsp3) is 0.286. The fourth-order valence-corrected chi connectivity index (χ4v) is 3.22. The quantitative estimate of drug-likeness (QED) is 0.551. The second kappa shape index (κ2) is 7.24. The highest BCUT2D eigenvalue weighted by Gasteiger charge is 2.19. The molecule has 2 nitrogen and oxygen atoms in total. The molecule has 102 valence electrons. The summed E-state index contributed by atoms with van der Waals surface area (Å²) in [6, 6.07) is 10.3. The molecule has 1 N–H and O–H groups in total. The molecule has 0 aliphatic rings. The first-order valence-electron chi connectivity index (χ1n) is 6.05. The van der Waals surface area contributed by atoms with Gasteiger partial charge in [-0.3, -0.25) is 0 Å². The SMILES string of the molecule is CCCNC(c1ccc(Br)o1)c1cc(Br)ccc1I. The number of benzene rings is 1. The third-order valence-corrected chi connectivity index (χ3v) is 4.65. The van der Waals surface area contributed by atoms with Gasteiger partial charge in [-0.05, 0) is 87.4 Å². The zero-order valence-corrected chi connectivity index (χ0v) is 15.7. The van der Waals surface area contributed by atoms with Crippen molar-refractivity contribution in [2.45, 2.75) is 19.4 Å². The lowest BCUT2D eigenvalue weighted by molar-refractivity contribution is 0.432. The van der Waals surface area contributed by atoms with Gasteiger partial charge < -0.3 is 9.73 Å². The van der Waals surface area contributed by atoms with E-state index in [-0.39, 0.29) is 6.04 Å². The molecule has 2 rings (SSSR count). The third-order valence-electron chi connectivity index (χ3n) is 2.75. The first-order chi connectivity index (χ1) is 9.11. The number of hydrogen-bond donors (Lipinski definition) is 1. The van der Waals surface area contributed by atoms with Gasteiger partial charge in [-0.25, -0.2) is 0 Å². The van der Waals surface area contributed by atoms with Crippen molar-refractivity contribution in [1.82, 2.24) is 5.32 Å². The summed E-state index contributed by atoms with van der Waals surface area (Å²) in [5.41, 5.74) is 1.23. The van der Waals surface area contributed by atoms with Crippen LogP contribution in [-0.2, 0) is 0 Å². The van der Waals surface area contributed by atoms with Gasteiger partial charge in [0.2, 0.25) is 0 Å². The van der Waals surface area contributed by atoms with Crippen LogP contribution in [0.25, 0.3) is 0 Å². The molecule has 1 aromatic heterocycles. The van der Waals surface area contributed by atoms with Crippen molar-refractivity contribution in [3.63, 3.8) is 0 Å². The molecule has 0 amide bonds. The molecule has 0 bridgehead atoms. The van der Waals surface area contributed by atoms with Crippen molar-refractivity contribution in [1.29, 1.82) is 0 Å². The van der Waals surface area contributed by atoms with Crippen molar-refractivity contribution in [3.8, 4) is 0 Å². The molecular formula is C14H14Br2INO. The minimum Gasteiger partial charge on any atom is -0.452 e. The molecule has 1 aromatic carbocycles. The van der Waals surface area contributed by atoms with E-state index in [2.05, 4.69) is 84.9 Å². The second-order valence-corrected chi connectivity index (χ2v) is 7.05. The Morgan fingerprint density at radius 1 is 1.26 bits per heavy atom. The van der Waals surface area contributed by atoms with E-state index >= 15 is 0 Å². The van der Waals surface area contributed by atoms with E-state index in [4.69, 9.17) is 4.42 Å². The lowest BCUT2D eigenvalue weighted by Crippen LogP contribution is -2.23. The maximum absolute atomic E-state index is 5.73. The molecule has 0 spiro atoms. The Kier molecular flexibility index (Phi) is 5.92. The monoisotopic (exact) mass is 497 g/mol. The van der Waals surface area contributed by atoms with Crippen LogP contribution in [0.2, 0.25) is 0 Å². The molecule has 1 unspecified atom stereocenters. The van der Waals surface area contributed by atoms with Crippen LogP contribution in [0.4, 0.5) is 0 Å². The van der Waals surface area contributed by atoms with Gasteiger partial charge in [-0.1, -0.05) is 22.9 Å². The van der Waals surface area contributed by atoms with E-state index in [9.17, 15) is 0 Å². The van der Waals surface area contributed by atoms with E-state index in [1.807, 2.05) is 12.1 Å². The fourth-order valence-electron chi connectivity index (χ4n) is 1.87. The van der Waals surface area contributed by atoms with Crippen LogP contribution in [0.3, 0.4) is 0 Å². The first kappa shape index (κ1) is 15.5. The molecule has 0 fully saturated rings. The van der Waals surface area contributed by atoms with E-state index in [1.54, 1.807) is 0 Å². The Balaban J connectivity index is 2.39. The van der Waals surface area contributed by atoms with Crippen LogP contribution in [0, 0.1) is 3.57 Å². The Hall–Kier alpha value is 0.150. The van der Waals surface area contributed by atoms with Crippen molar-refractivity contribution < 1.29 is 4.42 Å². The van der Waals surface area contributed by atoms with E-state index < -0.39 is 0 Å². The van der Waals surface area contributed by atoms with Gasteiger partial charge in [-0.2, -0.15) is 0 Å². The summed E-state index contributed by atoms with van der Waals surface area (Å²) in [4.78, 5) is 0. The molecule has 19 heavy (non-hydrogen) atoms. The predicted molar refractivity (Wildman–Crippen MR) is 93.4 cm³/mol. The zero-order valence-electron chi connectivity index (χ0n) is 10.4. The molecule has 2 aromatic rings. The normalized spacial score (nSPS) is 12.6. The van der Waals surface area contributed by atoms with Crippen LogP contribution in [0.5, 0.6) is 0 Å². The molecule has 0 aliphatic carbocycles. The topological polar surface area (TPSA) is 25.2 Å². The highest BCUT2D eigenvalue weighted by atomic mass is 127. The molecular weight excluding hydrogens is 485 g/mol. The van der Waals surface area contributed by atoms with E-state index in [0.717, 1.165) is 27.9 Å². The van der Waals surface area contributed by atoms with Crippen molar-refractivity contribution in [2.24, 2.45) is 0 Å². The average molecular weight is 499 g/mol. The van der Waals surface area contributed by atoms with Gasteiger partial charge >= 0.3 is 0 Å². The van der Waals surface area contributed by atoms with Gasteiger partial charge in [0.1, 0.15) is 5.76 Å². The first-order valence-corrected chi connectivity index (χ1v) is 8.72. The largest absolute Gasteiger partial charge is 0.452 e. The Labute approximate surface area is 143 Å². The minimum absolute atomic E-state index is 0.0793. The summed E-state index contributed by atoms with van der Waals surface area (Å²) < 4.78 is 8.79.